The van der Waals surface area contributed by atoms with Crippen molar-refractivity contribution in [2.75, 3.05) is 0 Å². The minimum atomic E-state index is 0.794. The lowest BCUT2D eigenvalue weighted by Gasteiger charge is -2.21. The number of hydrogen-bond donors (Lipinski definition) is 0. The van der Waals surface area contributed by atoms with Crippen molar-refractivity contribution in [1.82, 2.24) is 0 Å². The van der Waals surface area contributed by atoms with E-state index in [1.807, 2.05) is 0 Å². The second-order valence-electron chi connectivity index (χ2n) is 3.86. The van der Waals surface area contributed by atoms with E-state index in [1.165, 1.54) is 19.3 Å². The molecule has 2 atom stereocenters. The Bertz CT molecular complexity index is 278. The molecular formula is C11H12. The Kier molecular flexibility index (Phi) is 0.993. The summed E-state index contributed by atoms with van der Waals surface area (Å²) in [4.78, 5) is 0. The largest absolute Gasteiger partial charge is 0.0845 e. The molecule has 2 bridgehead atoms. The Morgan fingerprint density at radius 3 is 3.27 bits per heavy atom. The molecule has 0 heterocycles. The molecule has 3 aliphatic rings. The number of rotatable bonds is 0. The van der Waals surface area contributed by atoms with Crippen molar-refractivity contribution in [3.63, 3.8) is 0 Å². The van der Waals surface area contributed by atoms with Gasteiger partial charge in [-0.25, -0.2) is 0 Å². The normalized spacial score (nSPS) is 38.5. The molecule has 0 nitrogen and oxygen atoms in total. The summed E-state index contributed by atoms with van der Waals surface area (Å²) in [6.07, 6.45) is 13.5. The zero-order valence-corrected chi connectivity index (χ0v) is 6.59. The molecule has 0 amide bonds. The van der Waals surface area contributed by atoms with Gasteiger partial charge in [-0.2, -0.15) is 0 Å². The summed E-state index contributed by atoms with van der Waals surface area (Å²) < 4.78 is 0. The van der Waals surface area contributed by atoms with E-state index in [2.05, 4.69) is 24.3 Å². The van der Waals surface area contributed by atoms with E-state index in [0.29, 0.717) is 0 Å². The van der Waals surface area contributed by atoms with Crippen LogP contribution in [0.25, 0.3) is 0 Å². The Morgan fingerprint density at radius 2 is 2.27 bits per heavy atom. The van der Waals surface area contributed by atoms with Crippen molar-refractivity contribution >= 4 is 0 Å². The lowest BCUT2D eigenvalue weighted by atomic mass is 9.83. The average Bonchev–Trinajstić information content (AvgIpc) is 2.58. The standard InChI is InChI=1S/C11H12/c1-2-9-6-8-4-5-10(7-8)11(9)3-1/h1,3-5,8,10H,2,6-7H2/t8-,10+/m1/s1. The molecule has 0 spiro atoms. The lowest BCUT2D eigenvalue weighted by Crippen LogP contribution is -2.08. The van der Waals surface area contributed by atoms with Gasteiger partial charge in [-0.3, -0.25) is 0 Å². The summed E-state index contributed by atoms with van der Waals surface area (Å²) in [5.41, 5.74) is 3.37. The van der Waals surface area contributed by atoms with E-state index in [0.717, 1.165) is 11.8 Å². The first-order chi connectivity index (χ1) is 5.43. The third kappa shape index (κ3) is 0.699. The first-order valence-corrected chi connectivity index (χ1v) is 4.50. The van der Waals surface area contributed by atoms with Crippen molar-refractivity contribution in [2.24, 2.45) is 11.8 Å². The highest BCUT2D eigenvalue weighted by molar-refractivity contribution is 5.42. The smallest absolute Gasteiger partial charge is 0.00233 e. The summed E-state index contributed by atoms with van der Waals surface area (Å²) in [6, 6.07) is 0. The fourth-order valence-electron chi connectivity index (χ4n) is 2.62. The fraction of sp³-hybridized carbons (Fsp3) is 0.455. The topological polar surface area (TPSA) is 0 Å². The Labute approximate surface area is 67.3 Å². The fourth-order valence-corrected chi connectivity index (χ4v) is 2.62. The summed E-state index contributed by atoms with van der Waals surface area (Å²) in [7, 11) is 0. The molecule has 0 saturated carbocycles. The molecule has 3 aliphatic carbocycles. The summed E-state index contributed by atoms with van der Waals surface area (Å²) in [5.74, 6) is 1.68. The third-order valence-electron chi connectivity index (χ3n) is 3.15. The van der Waals surface area contributed by atoms with Crippen molar-refractivity contribution in [3.05, 3.63) is 35.5 Å². The molecule has 0 aromatic carbocycles. The summed E-state index contributed by atoms with van der Waals surface area (Å²) in [5, 5.41) is 0. The minimum Gasteiger partial charge on any atom is -0.0845 e. The maximum absolute atomic E-state index is 2.41. The van der Waals surface area contributed by atoms with Gasteiger partial charge >= 0.3 is 0 Å². The van der Waals surface area contributed by atoms with E-state index < -0.39 is 0 Å². The molecule has 3 rings (SSSR count). The first kappa shape index (κ1) is 5.82. The number of allylic oxidation sites excluding steroid dienone is 6. The van der Waals surface area contributed by atoms with Gasteiger partial charge in [0.05, 0.1) is 0 Å². The SMILES string of the molecule is C1=CC2=C(C1)C[C@H]1C=C[C@H]2C1. The monoisotopic (exact) mass is 144 g/mol. The Morgan fingerprint density at radius 1 is 1.27 bits per heavy atom. The van der Waals surface area contributed by atoms with E-state index in [4.69, 9.17) is 0 Å². The molecule has 0 unspecified atom stereocenters. The zero-order valence-electron chi connectivity index (χ0n) is 6.59. The van der Waals surface area contributed by atoms with Gasteiger partial charge in [-0.15, -0.1) is 0 Å². The molecule has 0 fully saturated rings. The van der Waals surface area contributed by atoms with Crippen LogP contribution in [-0.4, -0.2) is 0 Å². The zero-order chi connectivity index (χ0) is 7.26. The van der Waals surface area contributed by atoms with Crippen LogP contribution in [0, 0.1) is 11.8 Å². The lowest BCUT2D eigenvalue weighted by molar-refractivity contribution is 0.527. The number of hydrogen-bond acceptors (Lipinski definition) is 0. The van der Waals surface area contributed by atoms with Gasteiger partial charge in [0.15, 0.2) is 0 Å². The van der Waals surface area contributed by atoms with Gasteiger partial charge in [0.2, 0.25) is 0 Å². The van der Waals surface area contributed by atoms with Crippen LogP contribution >= 0.6 is 0 Å². The van der Waals surface area contributed by atoms with Crippen LogP contribution in [-0.2, 0) is 0 Å². The molecule has 0 aromatic heterocycles. The Hall–Kier alpha value is -0.780. The average molecular weight is 144 g/mol. The van der Waals surface area contributed by atoms with E-state index in [9.17, 15) is 0 Å². The van der Waals surface area contributed by atoms with Crippen LogP contribution in [0.3, 0.4) is 0 Å². The molecule has 0 heteroatoms. The predicted molar refractivity (Wildman–Crippen MR) is 46.1 cm³/mol. The van der Waals surface area contributed by atoms with Gasteiger partial charge in [0.1, 0.15) is 0 Å². The second-order valence-corrected chi connectivity index (χ2v) is 3.86. The van der Waals surface area contributed by atoms with Crippen molar-refractivity contribution in [3.8, 4) is 0 Å². The molecular weight excluding hydrogens is 132 g/mol. The first-order valence-electron chi connectivity index (χ1n) is 4.50. The van der Waals surface area contributed by atoms with Crippen molar-refractivity contribution in [2.45, 2.75) is 19.3 Å². The van der Waals surface area contributed by atoms with Gasteiger partial charge < -0.3 is 0 Å². The number of fused-ring (bicyclic) bond motifs is 3. The highest BCUT2D eigenvalue weighted by atomic mass is 14.3. The van der Waals surface area contributed by atoms with E-state index in [-0.39, 0.29) is 0 Å². The summed E-state index contributed by atoms with van der Waals surface area (Å²) in [6.45, 7) is 0. The van der Waals surface area contributed by atoms with Crippen LogP contribution in [0.1, 0.15) is 19.3 Å². The van der Waals surface area contributed by atoms with Gasteiger partial charge in [-0.1, -0.05) is 29.9 Å². The highest BCUT2D eigenvalue weighted by Gasteiger charge is 2.30. The minimum absolute atomic E-state index is 0.794. The van der Waals surface area contributed by atoms with Crippen LogP contribution in [0.15, 0.2) is 35.5 Å². The molecule has 11 heavy (non-hydrogen) atoms. The molecule has 0 saturated heterocycles. The van der Waals surface area contributed by atoms with Crippen LogP contribution in [0.5, 0.6) is 0 Å². The summed E-state index contributed by atoms with van der Waals surface area (Å²) >= 11 is 0. The van der Waals surface area contributed by atoms with Gasteiger partial charge in [0, 0.05) is 5.92 Å². The maximum atomic E-state index is 2.41. The highest BCUT2D eigenvalue weighted by Crippen LogP contribution is 2.44. The quantitative estimate of drug-likeness (QED) is 0.458. The van der Waals surface area contributed by atoms with Gasteiger partial charge in [-0.05, 0) is 30.8 Å². The van der Waals surface area contributed by atoms with Gasteiger partial charge in [0.25, 0.3) is 0 Å². The van der Waals surface area contributed by atoms with Crippen LogP contribution in [0.2, 0.25) is 0 Å². The molecule has 0 N–H and O–H groups in total. The molecule has 0 aromatic rings. The van der Waals surface area contributed by atoms with Crippen LogP contribution in [0.4, 0.5) is 0 Å². The van der Waals surface area contributed by atoms with Crippen molar-refractivity contribution in [1.29, 1.82) is 0 Å². The van der Waals surface area contributed by atoms with E-state index >= 15 is 0 Å². The molecule has 0 aliphatic heterocycles. The third-order valence-corrected chi connectivity index (χ3v) is 3.15. The molecule has 56 valence electrons. The van der Waals surface area contributed by atoms with Crippen molar-refractivity contribution < 1.29 is 0 Å². The molecule has 0 radical (unpaired) electrons. The Balaban J connectivity index is 2.08. The van der Waals surface area contributed by atoms with E-state index in [1.54, 1.807) is 11.1 Å². The predicted octanol–water partition coefficient (Wildman–Crippen LogP) is 2.84. The van der Waals surface area contributed by atoms with Crippen LogP contribution < -0.4 is 0 Å². The maximum Gasteiger partial charge on any atom is 0.00233 e. The second kappa shape index (κ2) is 1.88.